The number of amides is 1. The van der Waals surface area contributed by atoms with E-state index in [0.29, 0.717) is 22.4 Å². The number of ether oxygens (including phenoxy) is 1. The van der Waals surface area contributed by atoms with Gasteiger partial charge in [-0.2, -0.15) is 4.98 Å². The second kappa shape index (κ2) is 9.40. The van der Waals surface area contributed by atoms with Crippen molar-refractivity contribution in [1.29, 1.82) is 0 Å². The van der Waals surface area contributed by atoms with E-state index in [1.807, 2.05) is 36.4 Å². The van der Waals surface area contributed by atoms with E-state index < -0.39 is 11.9 Å². The van der Waals surface area contributed by atoms with Crippen LogP contribution in [0, 0.1) is 0 Å². The van der Waals surface area contributed by atoms with Gasteiger partial charge in [-0.05, 0) is 35.7 Å². The lowest BCUT2D eigenvalue weighted by atomic mass is 10.1. The number of esters is 1. The number of nitrogens with zero attached hydrogens (tertiary/aromatic N) is 2. The summed E-state index contributed by atoms with van der Waals surface area (Å²) in [6, 6.07) is 20.3. The summed E-state index contributed by atoms with van der Waals surface area (Å²) in [4.78, 5) is 28.4. The summed E-state index contributed by atoms with van der Waals surface area (Å²) in [5.74, 6) is -0.219. The van der Waals surface area contributed by atoms with Crippen LogP contribution in [0.3, 0.4) is 0 Å². The molecule has 156 valence electrons. The van der Waals surface area contributed by atoms with Gasteiger partial charge in [-0.25, -0.2) is 0 Å². The molecule has 0 spiro atoms. The second-order valence-corrected chi connectivity index (χ2v) is 7.19. The normalized spacial score (nSPS) is 10.7. The molecule has 31 heavy (non-hydrogen) atoms. The SMILES string of the molecule is O=C(COC(=O)CCc1nc(-c2ccc(Cl)cc2)no1)Nc1cccc2ccccc12. The van der Waals surface area contributed by atoms with Gasteiger partial charge in [-0.3, -0.25) is 9.59 Å². The van der Waals surface area contributed by atoms with Crippen molar-refractivity contribution in [1.82, 2.24) is 10.1 Å². The molecule has 7 nitrogen and oxygen atoms in total. The first-order valence-corrected chi connectivity index (χ1v) is 9.98. The van der Waals surface area contributed by atoms with Crippen molar-refractivity contribution in [2.75, 3.05) is 11.9 Å². The van der Waals surface area contributed by atoms with Gasteiger partial charge in [-0.15, -0.1) is 0 Å². The summed E-state index contributed by atoms with van der Waals surface area (Å²) >= 11 is 5.87. The average Bonchev–Trinajstić information content (AvgIpc) is 3.26. The molecule has 1 amide bonds. The molecule has 4 aromatic rings. The summed E-state index contributed by atoms with van der Waals surface area (Å²) in [6.07, 6.45) is 0.230. The Labute approximate surface area is 183 Å². The molecule has 0 aliphatic heterocycles. The Balaban J connectivity index is 1.26. The van der Waals surface area contributed by atoms with E-state index in [0.717, 1.165) is 16.3 Å². The van der Waals surface area contributed by atoms with Crippen LogP contribution in [0.5, 0.6) is 0 Å². The van der Waals surface area contributed by atoms with Crippen LogP contribution in [0.25, 0.3) is 22.2 Å². The van der Waals surface area contributed by atoms with Crippen LogP contribution in [0.15, 0.2) is 71.3 Å². The molecule has 1 N–H and O–H groups in total. The highest BCUT2D eigenvalue weighted by Crippen LogP contribution is 2.23. The predicted molar refractivity (Wildman–Crippen MR) is 117 cm³/mol. The fourth-order valence-electron chi connectivity index (χ4n) is 3.02. The topological polar surface area (TPSA) is 94.3 Å². The summed E-state index contributed by atoms with van der Waals surface area (Å²) in [6.45, 7) is -0.373. The zero-order valence-electron chi connectivity index (χ0n) is 16.4. The Bertz CT molecular complexity index is 1220. The van der Waals surface area contributed by atoms with Crippen molar-refractivity contribution in [3.05, 3.63) is 77.6 Å². The highest BCUT2D eigenvalue weighted by molar-refractivity contribution is 6.30. The summed E-state index contributed by atoms with van der Waals surface area (Å²) < 4.78 is 10.2. The van der Waals surface area contributed by atoms with E-state index in [4.69, 9.17) is 20.9 Å². The molecule has 0 saturated carbocycles. The Morgan fingerprint density at radius 2 is 1.77 bits per heavy atom. The zero-order chi connectivity index (χ0) is 21.6. The third kappa shape index (κ3) is 5.26. The Kier molecular flexibility index (Phi) is 6.24. The van der Waals surface area contributed by atoms with E-state index in [1.165, 1.54) is 0 Å². The van der Waals surface area contributed by atoms with Crippen molar-refractivity contribution in [3.8, 4) is 11.4 Å². The first kappa shape index (κ1) is 20.6. The highest BCUT2D eigenvalue weighted by atomic mass is 35.5. The van der Waals surface area contributed by atoms with Crippen LogP contribution in [-0.2, 0) is 20.7 Å². The number of rotatable bonds is 7. The van der Waals surface area contributed by atoms with E-state index >= 15 is 0 Å². The Morgan fingerprint density at radius 3 is 2.61 bits per heavy atom. The highest BCUT2D eigenvalue weighted by Gasteiger charge is 2.13. The van der Waals surface area contributed by atoms with Gasteiger partial charge in [0, 0.05) is 28.1 Å². The number of aromatic nitrogens is 2. The molecule has 0 atom stereocenters. The number of hydrogen-bond donors (Lipinski definition) is 1. The standard InChI is InChI=1S/C23H18ClN3O4/c24-17-10-8-16(9-11-17)23-26-21(31-27-23)12-13-22(29)30-14-20(28)25-19-7-3-5-15-4-1-2-6-18(15)19/h1-11H,12-14H2,(H,25,28). The molecule has 0 fully saturated rings. The van der Waals surface area contributed by atoms with E-state index in [9.17, 15) is 9.59 Å². The summed E-state index contributed by atoms with van der Waals surface area (Å²) in [5.41, 5.74) is 1.42. The molecule has 1 heterocycles. The number of halogens is 1. The average molecular weight is 436 g/mol. The van der Waals surface area contributed by atoms with Gasteiger partial charge >= 0.3 is 5.97 Å². The van der Waals surface area contributed by atoms with Crippen LogP contribution >= 0.6 is 11.6 Å². The minimum atomic E-state index is -0.528. The molecule has 3 aromatic carbocycles. The number of carbonyl (C=O) groups excluding carboxylic acids is 2. The van der Waals surface area contributed by atoms with E-state index in [2.05, 4.69) is 15.5 Å². The predicted octanol–water partition coefficient (Wildman–Crippen LogP) is 4.66. The number of fused-ring (bicyclic) bond motifs is 1. The Morgan fingerprint density at radius 1 is 1.00 bits per heavy atom. The fourth-order valence-corrected chi connectivity index (χ4v) is 3.15. The van der Waals surface area contributed by atoms with Gasteiger partial charge in [-0.1, -0.05) is 53.2 Å². The van der Waals surface area contributed by atoms with Gasteiger partial charge < -0.3 is 14.6 Å². The molecule has 4 rings (SSSR count). The van der Waals surface area contributed by atoms with Gasteiger partial charge in [0.2, 0.25) is 11.7 Å². The maximum Gasteiger partial charge on any atom is 0.306 e. The second-order valence-electron chi connectivity index (χ2n) is 6.75. The molecule has 1 aromatic heterocycles. The zero-order valence-corrected chi connectivity index (χ0v) is 17.1. The maximum absolute atomic E-state index is 12.2. The largest absolute Gasteiger partial charge is 0.456 e. The smallest absolute Gasteiger partial charge is 0.306 e. The van der Waals surface area contributed by atoms with Crippen molar-refractivity contribution in [3.63, 3.8) is 0 Å². The van der Waals surface area contributed by atoms with Crippen molar-refractivity contribution < 1.29 is 18.8 Å². The van der Waals surface area contributed by atoms with Crippen LogP contribution in [-0.4, -0.2) is 28.6 Å². The monoisotopic (exact) mass is 435 g/mol. The summed E-state index contributed by atoms with van der Waals surface area (Å²) in [7, 11) is 0. The van der Waals surface area contributed by atoms with Crippen LogP contribution in [0.2, 0.25) is 5.02 Å². The lowest BCUT2D eigenvalue weighted by Gasteiger charge is -2.09. The molecule has 0 bridgehead atoms. The number of anilines is 1. The number of nitrogens with one attached hydrogen (secondary N) is 1. The number of benzene rings is 3. The van der Waals surface area contributed by atoms with Crippen molar-refractivity contribution >= 4 is 39.9 Å². The number of carbonyl (C=O) groups is 2. The molecule has 0 aliphatic rings. The molecule has 8 heteroatoms. The quantitative estimate of drug-likeness (QED) is 0.424. The molecular formula is C23H18ClN3O4. The third-order valence-corrected chi connectivity index (χ3v) is 4.79. The first-order valence-electron chi connectivity index (χ1n) is 9.60. The minimum absolute atomic E-state index is 0.0177. The van der Waals surface area contributed by atoms with Crippen LogP contribution in [0.4, 0.5) is 5.69 Å². The van der Waals surface area contributed by atoms with Gasteiger partial charge in [0.15, 0.2) is 6.61 Å². The molecule has 0 unspecified atom stereocenters. The lowest BCUT2D eigenvalue weighted by Crippen LogP contribution is -2.21. The van der Waals surface area contributed by atoms with Gasteiger partial charge in [0.1, 0.15) is 0 Å². The first-order chi connectivity index (χ1) is 15.1. The number of hydrogen-bond acceptors (Lipinski definition) is 6. The molecule has 0 aliphatic carbocycles. The van der Waals surface area contributed by atoms with Crippen LogP contribution < -0.4 is 5.32 Å². The third-order valence-electron chi connectivity index (χ3n) is 4.54. The number of aryl methyl sites for hydroxylation is 1. The van der Waals surface area contributed by atoms with Crippen molar-refractivity contribution in [2.24, 2.45) is 0 Å². The fraction of sp³-hybridized carbons (Fsp3) is 0.130. The van der Waals surface area contributed by atoms with Gasteiger partial charge in [0.05, 0.1) is 6.42 Å². The minimum Gasteiger partial charge on any atom is -0.456 e. The molecule has 0 radical (unpaired) electrons. The lowest BCUT2D eigenvalue weighted by molar-refractivity contribution is -0.147. The summed E-state index contributed by atoms with van der Waals surface area (Å²) in [5, 5.41) is 9.20. The Hall–Kier alpha value is -3.71. The van der Waals surface area contributed by atoms with Gasteiger partial charge in [0.25, 0.3) is 5.91 Å². The van der Waals surface area contributed by atoms with Crippen molar-refractivity contribution in [2.45, 2.75) is 12.8 Å². The van der Waals surface area contributed by atoms with E-state index in [-0.39, 0.29) is 19.4 Å². The molecular weight excluding hydrogens is 418 g/mol. The molecule has 0 saturated heterocycles. The van der Waals surface area contributed by atoms with E-state index in [1.54, 1.807) is 30.3 Å². The van der Waals surface area contributed by atoms with Crippen LogP contribution in [0.1, 0.15) is 12.3 Å². The maximum atomic E-state index is 12.2.